The van der Waals surface area contributed by atoms with E-state index in [9.17, 15) is 28.8 Å². The van der Waals surface area contributed by atoms with E-state index in [0.717, 1.165) is 5.56 Å². The Kier molecular flexibility index (Phi) is 13.6. The number of ether oxygens (including phenoxy) is 2. The van der Waals surface area contributed by atoms with E-state index in [1.165, 1.54) is 41.7 Å². The van der Waals surface area contributed by atoms with E-state index in [4.69, 9.17) is 4.74 Å². The van der Waals surface area contributed by atoms with Crippen molar-refractivity contribution in [3.8, 4) is 0 Å². The van der Waals surface area contributed by atoms with Crippen LogP contribution in [0.25, 0.3) is 0 Å². The van der Waals surface area contributed by atoms with Crippen LogP contribution in [0.2, 0.25) is 0 Å². The number of hydrogen-bond donors (Lipinski definition) is 5. The van der Waals surface area contributed by atoms with Crippen molar-refractivity contribution in [3.05, 3.63) is 35.9 Å². The molecule has 5 atom stereocenters. The number of alkyl carbamates (subject to hydrolysis) is 1. The third kappa shape index (κ3) is 10.3. The van der Waals surface area contributed by atoms with E-state index >= 15 is 0 Å². The summed E-state index contributed by atoms with van der Waals surface area (Å²) < 4.78 is 9.90. The van der Waals surface area contributed by atoms with Crippen LogP contribution in [0.3, 0.4) is 0 Å². The summed E-state index contributed by atoms with van der Waals surface area (Å²) in [4.78, 5) is 76.4. The lowest BCUT2D eigenvalue weighted by Crippen LogP contribution is -2.65. The summed E-state index contributed by atoms with van der Waals surface area (Å²) in [6, 6.07) is 5.96. The van der Waals surface area contributed by atoms with Crippen molar-refractivity contribution in [3.63, 3.8) is 0 Å². The van der Waals surface area contributed by atoms with Crippen molar-refractivity contribution >= 4 is 35.7 Å². The van der Waals surface area contributed by atoms with Crippen molar-refractivity contribution in [1.82, 2.24) is 26.6 Å². The van der Waals surface area contributed by atoms with E-state index in [1.54, 1.807) is 39.8 Å². The molecule has 0 aliphatic rings. The highest BCUT2D eigenvalue weighted by atomic mass is 16.5. The second-order valence-corrected chi connectivity index (χ2v) is 11.5. The maximum absolute atomic E-state index is 13.2. The Hall–Kier alpha value is -4.16. The Morgan fingerprint density at radius 3 is 1.63 bits per heavy atom. The fraction of sp³-hybridized carbons (Fsp3) is 0.600. The number of rotatable bonds is 14. The maximum Gasteiger partial charge on any atom is 0.408 e. The lowest BCUT2D eigenvalue weighted by atomic mass is 9.86. The third-order valence-electron chi connectivity index (χ3n) is 7.61. The minimum atomic E-state index is -1.42. The zero-order valence-electron chi connectivity index (χ0n) is 26.7. The van der Waals surface area contributed by atoms with Gasteiger partial charge in [-0.1, -0.05) is 58.0 Å². The normalized spacial score (nSPS) is 15.9. The lowest BCUT2D eigenvalue weighted by Gasteiger charge is -2.35. The number of hydrogen-bond acceptors (Lipinski definition) is 8. The van der Waals surface area contributed by atoms with Gasteiger partial charge in [-0.05, 0) is 52.0 Å². The molecule has 0 saturated carbocycles. The van der Waals surface area contributed by atoms with Gasteiger partial charge < -0.3 is 36.1 Å². The third-order valence-corrected chi connectivity index (χ3v) is 7.61. The van der Waals surface area contributed by atoms with Crippen molar-refractivity contribution in [1.29, 1.82) is 0 Å². The molecule has 5 N–H and O–H groups in total. The molecule has 13 heteroatoms. The highest BCUT2D eigenvalue weighted by Gasteiger charge is 2.42. The quantitative estimate of drug-likeness (QED) is 0.198. The number of amides is 5. The molecule has 1 rings (SSSR count). The smallest absolute Gasteiger partial charge is 0.408 e. The number of esters is 1. The summed E-state index contributed by atoms with van der Waals surface area (Å²) in [5, 5.41) is 12.9. The van der Waals surface area contributed by atoms with E-state index in [1.807, 2.05) is 18.2 Å². The van der Waals surface area contributed by atoms with Gasteiger partial charge in [-0.2, -0.15) is 0 Å². The van der Waals surface area contributed by atoms with Gasteiger partial charge in [0.05, 0.1) is 7.11 Å². The molecular formula is C30H47N5O8. The number of methoxy groups -OCH3 is 1. The van der Waals surface area contributed by atoms with Gasteiger partial charge in [-0.25, -0.2) is 9.59 Å². The summed E-state index contributed by atoms with van der Waals surface area (Å²) in [6.45, 7) is 14.3. The van der Waals surface area contributed by atoms with Crippen LogP contribution in [-0.2, 0) is 40.1 Å². The van der Waals surface area contributed by atoms with Gasteiger partial charge in [0.1, 0.15) is 35.8 Å². The predicted molar refractivity (Wildman–Crippen MR) is 159 cm³/mol. The monoisotopic (exact) mass is 605 g/mol. The van der Waals surface area contributed by atoms with Gasteiger partial charge in [0, 0.05) is 0 Å². The molecule has 0 heterocycles. The van der Waals surface area contributed by atoms with Crippen LogP contribution in [-0.4, -0.2) is 72.0 Å². The number of carbonyl (C=O) groups is 6. The van der Waals surface area contributed by atoms with Gasteiger partial charge in [0.2, 0.25) is 23.6 Å². The second-order valence-electron chi connectivity index (χ2n) is 11.5. The molecule has 43 heavy (non-hydrogen) atoms. The molecule has 0 saturated heterocycles. The minimum Gasteiger partial charge on any atom is -0.467 e. The largest absolute Gasteiger partial charge is 0.467 e. The van der Waals surface area contributed by atoms with Crippen LogP contribution >= 0.6 is 0 Å². The van der Waals surface area contributed by atoms with E-state index in [2.05, 4.69) is 31.3 Å². The van der Waals surface area contributed by atoms with Crippen LogP contribution in [0.4, 0.5) is 4.79 Å². The van der Waals surface area contributed by atoms with Crippen LogP contribution in [0.5, 0.6) is 0 Å². The van der Waals surface area contributed by atoms with Crippen LogP contribution < -0.4 is 26.6 Å². The van der Waals surface area contributed by atoms with E-state index in [0.29, 0.717) is 0 Å². The molecule has 1 aromatic carbocycles. The first-order valence-electron chi connectivity index (χ1n) is 14.2. The standard InChI is InChI=1S/C30H47N5O8/c1-17(2)29(8,26(39)33-21(7)25(38)42-10)34-24(37)20(6)31-23(36)19(5)32-27(40)30(9,18(3)4)35-28(41)43-16-22-14-12-11-13-15-22/h11-15,17-21H,16H2,1-10H3,(H,31,36)(H,32,40)(H,33,39)(H,34,37)(H,35,41)/t19-,20-,21-,29-,30-/m0/s1. The molecule has 0 radical (unpaired) electrons. The Morgan fingerprint density at radius 2 is 1.14 bits per heavy atom. The van der Waals surface area contributed by atoms with Crippen molar-refractivity contribution in [2.24, 2.45) is 11.8 Å². The Balaban J connectivity index is 2.83. The Labute approximate surface area is 253 Å². The molecule has 0 aliphatic carbocycles. The summed E-state index contributed by atoms with van der Waals surface area (Å²) in [5.41, 5.74) is -2.06. The lowest BCUT2D eigenvalue weighted by molar-refractivity contribution is -0.146. The minimum absolute atomic E-state index is 0.0169. The molecule has 0 bridgehead atoms. The van der Waals surface area contributed by atoms with Gasteiger partial charge in [-0.3, -0.25) is 19.2 Å². The average Bonchev–Trinajstić information content (AvgIpc) is 2.95. The first-order chi connectivity index (χ1) is 19.9. The maximum atomic E-state index is 13.2. The fourth-order valence-electron chi connectivity index (χ4n) is 3.66. The summed E-state index contributed by atoms with van der Waals surface area (Å²) in [6.07, 6.45) is -0.796. The van der Waals surface area contributed by atoms with Crippen LogP contribution in [0.15, 0.2) is 30.3 Å². The Bertz CT molecular complexity index is 1160. The Morgan fingerprint density at radius 1 is 0.674 bits per heavy atom. The molecule has 0 spiro atoms. The SMILES string of the molecule is COC(=O)[C@H](C)NC(=O)[C@@](C)(NC(=O)[C@H](C)NC(=O)[C@H](C)NC(=O)[C@@](C)(NC(=O)OCc1ccccc1)C(C)C)C(C)C. The molecule has 5 amide bonds. The fourth-order valence-corrected chi connectivity index (χ4v) is 3.66. The number of carbonyl (C=O) groups excluding carboxylic acids is 6. The molecule has 0 aliphatic heterocycles. The van der Waals surface area contributed by atoms with Gasteiger partial charge in [-0.15, -0.1) is 0 Å². The highest BCUT2D eigenvalue weighted by molar-refractivity contribution is 5.97. The molecule has 0 aromatic heterocycles. The van der Waals surface area contributed by atoms with E-state index < -0.39 is 64.9 Å². The average molecular weight is 606 g/mol. The summed E-state index contributed by atoms with van der Waals surface area (Å²) in [5.74, 6) is -3.95. The van der Waals surface area contributed by atoms with Crippen LogP contribution in [0.1, 0.15) is 67.9 Å². The molecule has 0 unspecified atom stereocenters. The second kappa shape index (κ2) is 15.9. The number of nitrogens with one attached hydrogen (secondary N) is 5. The van der Waals surface area contributed by atoms with Crippen LogP contribution in [0, 0.1) is 11.8 Å². The topological polar surface area (TPSA) is 181 Å². The highest BCUT2D eigenvalue weighted by Crippen LogP contribution is 2.19. The van der Waals surface area contributed by atoms with Gasteiger partial charge in [0.15, 0.2) is 0 Å². The van der Waals surface area contributed by atoms with Gasteiger partial charge >= 0.3 is 12.1 Å². The molecular weight excluding hydrogens is 558 g/mol. The summed E-state index contributed by atoms with van der Waals surface area (Å²) in [7, 11) is 1.20. The van der Waals surface area contributed by atoms with Crippen molar-refractivity contribution in [2.45, 2.75) is 98.1 Å². The van der Waals surface area contributed by atoms with Crippen molar-refractivity contribution < 1.29 is 38.2 Å². The first kappa shape index (κ1) is 36.9. The molecule has 1 aromatic rings. The molecule has 13 nitrogen and oxygen atoms in total. The molecule has 0 fully saturated rings. The van der Waals surface area contributed by atoms with E-state index in [-0.39, 0.29) is 18.4 Å². The zero-order chi connectivity index (χ0) is 33.1. The predicted octanol–water partition coefficient (Wildman–Crippen LogP) is 1.55. The van der Waals surface area contributed by atoms with Gasteiger partial charge in [0.25, 0.3) is 0 Å². The number of benzene rings is 1. The first-order valence-corrected chi connectivity index (χ1v) is 14.2. The zero-order valence-corrected chi connectivity index (χ0v) is 26.7. The molecule has 240 valence electrons. The van der Waals surface area contributed by atoms with Crippen molar-refractivity contribution in [2.75, 3.05) is 7.11 Å². The summed E-state index contributed by atoms with van der Waals surface area (Å²) >= 11 is 0.